The van der Waals surface area contributed by atoms with Crippen LogP contribution < -0.4 is 11.1 Å². The Morgan fingerprint density at radius 2 is 2.05 bits per heavy atom. The van der Waals surface area contributed by atoms with Gasteiger partial charge in [-0.1, -0.05) is 31.4 Å². The van der Waals surface area contributed by atoms with Gasteiger partial charge in [0.1, 0.15) is 0 Å². The summed E-state index contributed by atoms with van der Waals surface area (Å²) in [6.45, 7) is 2.38. The van der Waals surface area contributed by atoms with E-state index in [1.165, 1.54) is 32.1 Å². The lowest BCUT2D eigenvalue weighted by atomic mass is 9.94. The van der Waals surface area contributed by atoms with Crippen LogP contribution >= 0.6 is 0 Å². The normalized spacial score (nSPS) is 16.4. The maximum Gasteiger partial charge on any atom is 0.238 e. The molecule has 0 aromatic heterocycles. The van der Waals surface area contributed by atoms with E-state index in [9.17, 15) is 4.79 Å². The molecule has 4 nitrogen and oxygen atoms in total. The smallest absolute Gasteiger partial charge is 0.238 e. The monoisotopic (exact) mass is 275 g/mol. The van der Waals surface area contributed by atoms with Crippen LogP contribution in [0, 0.1) is 6.92 Å². The van der Waals surface area contributed by atoms with Gasteiger partial charge in [-0.25, -0.2) is 0 Å². The average molecular weight is 275 g/mol. The van der Waals surface area contributed by atoms with Crippen molar-refractivity contribution in [3.63, 3.8) is 0 Å². The lowest BCUT2D eigenvalue weighted by Gasteiger charge is -2.30. The third-order valence-corrected chi connectivity index (χ3v) is 4.16. The van der Waals surface area contributed by atoms with Crippen LogP contribution in [0.5, 0.6) is 0 Å². The fourth-order valence-electron chi connectivity index (χ4n) is 2.92. The summed E-state index contributed by atoms with van der Waals surface area (Å²) in [6.07, 6.45) is 6.30. The molecule has 1 aromatic rings. The Balaban J connectivity index is 1.91. The van der Waals surface area contributed by atoms with Gasteiger partial charge in [0.25, 0.3) is 0 Å². The topological polar surface area (TPSA) is 58.4 Å². The molecule has 0 saturated heterocycles. The molecule has 0 aliphatic heterocycles. The molecule has 1 aromatic carbocycles. The summed E-state index contributed by atoms with van der Waals surface area (Å²) in [5.74, 6) is 0.0130. The second-order valence-corrected chi connectivity index (χ2v) is 5.79. The van der Waals surface area contributed by atoms with Crippen molar-refractivity contribution in [1.29, 1.82) is 0 Å². The maximum absolute atomic E-state index is 12.2. The van der Waals surface area contributed by atoms with Crippen molar-refractivity contribution in [2.75, 3.05) is 24.6 Å². The van der Waals surface area contributed by atoms with Gasteiger partial charge in [0.05, 0.1) is 17.9 Å². The summed E-state index contributed by atoms with van der Waals surface area (Å²) >= 11 is 0. The molecule has 0 radical (unpaired) electrons. The van der Waals surface area contributed by atoms with Gasteiger partial charge in [-0.2, -0.15) is 0 Å². The number of nitrogens with zero attached hydrogens (tertiary/aromatic N) is 1. The molecule has 0 unspecified atom stereocenters. The SMILES string of the molecule is Cc1cccc(N)c1NC(=O)CN(C)C1CCCCC1. The molecule has 3 N–H and O–H groups in total. The van der Waals surface area contributed by atoms with Crippen LogP contribution in [0.3, 0.4) is 0 Å². The Morgan fingerprint density at radius 3 is 2.70 bits per heavy atom. The van der Waals surface area contributed by atoms with Crippen molar-refractivity contribution in [3.8, 4) is 0 Å². The van der Waals surface area contributed by atoms with Gasteiger partial charge in [0.2, 0.25) is 5.91 Å². The van der Waals surface area contributed by atoms with Crippen molar-refractivity contribution in [2.45, 2.75) is 45.1 Å². The third kappa shape index (κ3) is 3.73. The molecule has 4 heteroatoms. The van der Waals surface area contributed by atoms with Gasteiger partial charge in [-0.05, 0) is 38.4 Å². The first-order chi connectivity index (χ1) is 9.58. The predicted molar refractivity (Wildman–Crippen MR) is 83.7 cm³/mol. The van der Waals surface area contributed by atoms with Crippen LogP contribution in [-0.2, 0) is 4.79 Å². The molecule has 0 bridgehead atoms. The van der Waals surface area contributed by atoms with Crippen LogP contribution in [0.2, 0.25) is 0 Å². The number of carbonyl (C=O) groups is 1. The first kappa shape index (κ1) is 14.9. The van der Waals surface area contributed by atoms with Crippen LogP contribution in [0.15, 0.2) is 18.2 Å². The lowest BCUT2D eigenvalue weighted by Crippen LogP contribution is -2.39. The molecule has 1 aliphatic rings. The number of carbonyl (C=O) groups excluding carboxylic acids is 1. The predicted octanol–water partition coefficient (Wildman–Crippen LogP) is 2.78. The van der Waals surface area contributed by atoms with Crippen molar-refractivity contribution in [3.05, 3.63) is 23.8 Å². The summed E-state index contributed by atoms with van der Waals surface area (Å²) in [5.41, 5.74) is 8.28. The second-order valence-electron chi connectivity index (χ2n) is 5.79. The molecule has 1 fully saturated rings. The van der Waals surface area contributed by atoms with Crippen LogP contribution in [0.25, 0.3) is 0 Å². The number of aryl methyl sites for hydroxylation is 1. The van der Waals surface area contributed by atoms with Crippen molar-refractivity contribution in [1.82, 2.24) is 4.90 Å². The Hall–Kier alpha value is -1.55. The van der Waals surface area contributed by atoms with Crippen molar-refractivity contribution < 1.29 is 4.79 Å². The molecule has 2 rings (SSSR count). The number of nitrogen functional groups attached to an aromatic ring is 1. The highest BCUT2D eigenvalue weighted by Crippen LogP contribution is 2.23. The highest BCUT2D eigenvalue weighted by molar-refractivity contribution is 5.96. The van der Waals surface area contributed by atoms with E-state index in [1.54, 1.807) is 0 Å². The molecule has 0 atom stereocenters. The molecule has 20 heavy (non-hydrogen) atoms. The zero-order chi connectivity index (χ0) is 14.5. The first-order valence-electron chi connectivity index (χ1n) is 7.43. The summed E-state index contributed by atoms with van der Waals surface area (Å²) in [7, 11) is 2.04. The van der Waals surface area contributed by atoms with Gasteiger partial charge in [0, 0.05) is 6.04 Å². The van der Waals surface area contributed by atoms with Gasteiger partial charge in [-0.3, -0.25) is 9.69 Å². The molecular formula is C16H25N3O. The van der Waals surface area contributed by atoms with Gasteiger partial charge in [0.15, 0.2) is 0 Å². The minimum absolute atomic E-state index is 0.0130. The van der Waals surface area contributed by atoms with E-state index in [2.05, 4.69) is 10.2 Å². The third-order valence-electron chi connectivity index (χ3n) is 4.16. The van der Waals surface area contributed by atoms with E-state index < -0.39 is 0 Å². The van der Waals surface area contributed by atoms with Crippen LogP contribution in [-0.4, -0.2) is 30.4 Å². The van der Waals surface area contributed by atoms with E-state index in [0.717, 1.165) is 11.3 Å². The number of amides is 1. The number of hydrogen-bond acceptors (Lipinski definition) is 3. The number of nitrogens with one attached hydrogen (secondary N) is 1. The molecular weight excluding hydrogens is 250 g/mol. The Kier molecular flexibility index (Phi) is 5.01. The summed E-state index contributed by atoms with van der Waals surface area (Å²) in [5, 5.41) is 2.94. The molecule has 110 valence electrons. The zero-order valence-electron chi connectivity index (χ0n) is 12.5. The molecule has 0 spiro atoms. The minimum atomic E-state index is 0.0130. The van der Waals surface area contributed by atoms with Gasteiger partial charge >= 0.3 is 0 Å². The van der Waals surface area contributed by atoms with Crippen molar-refractivity contribution in [2.24, 2.45) is 0 Å². The summed E-state index contributed by atoms with van der Waals surface area (Å²) < 4.78 is 0. The van der Waals surface area contributed by atoms with E-state index >= 15 is 0 Å². The Labute approximate surface area is 121 Å². The fraction of sp³-hybridized carbons (Fsp3) is 0.562. The standard InChI is InChI=1S/C16H25N3O/c1-12-7-6-10-14(17)16(12)18-15(20)11-19(2)13-8-4-3-5-9-13/h6-7,10,13H,3-5,8-9,11,17H2,1-2H3,(H,18,20). The number of anilines is 2. The number of para-hydroxylation sites is 1. The summed E-state index contributed by atoms with van der Waals surface area (Å²) in [4.78, 5) is 14.3. The highest BCUT2D eigenvalue weighted by Gasteiger charge is 2.20. The zero-order valence-corrected chi connectivity index (χ0v) is 12.5. The molecule has 1 amide bonds. The van der Waals surface area contributed by atoms with Gasteiger partial charge < -0.3 is 11.1 Å². The van der Waals surface area contributed by atoms with E-state index in [1.807, 2.05) is 32.2 Å². The second kappa shape index (κ2) is 6.75. The quantitative estimate of drug-likeness (QED) is 0.831. The Morgan fingerprint density at radius 1 is 1.35 bits per heavy atom. The maximum atomic E-state index is 12.2. The van der Waals surface area contributed by atoms with Gasteiger partial charge in [-0.15, -0.1) is 0 Å². The van der Waals surface area contributed by atoms with Crippen LogP contribution in [0.1, 0.15) is 37.7 Å². The molecule has 0 heterocycles. The largest absolute Gasteiger partial charge is 0.397 e. The van der Waals surface area contributed by atoms with E-state index in [4.69, 9.17) is 5.73 Å². The number of nitrogens with two attached hydrogens (primary N) is 1. The average Bonchev–Trinajstić information content (AvgIpc) is 2.44. The number of rotatable bonds is 4. The number of hydrogen-bond donors (Lipinski definition) is 2. The highest BCUT2D eigenvalue weighted by atomic mass is 16.2. The van der Waals surface area contributed by atoms with Crippen LogP contribution in [0.4, 0.5) is 11.4 Å². The number of benzene rings is 1. The number of likely N-dealkylation sites (N-methyl/N-ethyl adjacent to an activating group) is 1. The lowest BCUT2D eigenvalue weighted by molar-refractivity contribution is -0.117. The van der Waals surface area contributed by atoms with E-state index in [0.29, 0.717) is 18.3 Å². The van der Waals surface area contributed by atoms with Crippen molar-refractivity contribution >= 4 is 17.3 Å². The minimum Gasteiger partial charge on any atom is -0.397 e. The first-order valence-corrected chi connectivity index (χ1v) is 7.43. The summed E-state index contributed by atoms with van der Waals surface area (Å²) in [6, 6.07) is 6.21. The molecule has 1 saturated carbocycles. The Bertz CT molecular complexity index is 447. The van der Waals surface area contributed by atoms with E-state index in [-0.39, 0.29) is 5.91 Å². The molecule has 1 aliphatic carbocycles. The fourth-order valence-corrected chi connectivity index (χ4v) is 2.92.